The Bertz CT molecular complexity index is 349. The molecule has 0 spiro atoms. The first-order valence-corrected chi connectivity index (χ1v) is 3.78. The molecule has 5 heteroatoms. The van der Waals surface area contributed by atoms with Crippen molar-refractivity contribution in [1.29, 1.82) is 0 Å². The fourth-order valence-electron chi connectivity index (χ4n) is 1.18. The second-order valence-corrected chi connectivity index (χ2v) is 2.86. The summed E-state index contributed by atoms with van der Waals surface area (Å²) in [5.41, 5.74) is 4.47. The van der Waals surface area contributed by atoms with E-state index in [1.54, 1.807) is 19.9 Å². The Labute approximate surface area is 75.7 Å². The lowest BCUT2D eigenvalue weighted by Crippen LogP contribution is -2.09. The Morgan fingerprint density at radius 3 is 2.54 bits per heavy atom. The van der Waals surface area contributed by atoms with E-state index in [1.807, 2.05) is 0 Å². The zero-order valence-corrected chi connectivity index (χ0v) is 7.50. The highest BCUT2D eigenvalue weighted by Gasteiger charge is 2.13. The summed E-state index contributed by atoms with van der Waals surface area (Å²) >= 11 is 0. The van der Waals surface area contributed by atoms with Gasteiger partial charge in [-0.3, -0.25) is 16.0 Å². The summed E-state index contributed by atoms with van der Waals surface area (Å²) in [4.78, 5) is 10.2. The molecule has 0 aliphatic heterocycles. The molecule has 3 N–H and O–H groups in total. The lowest BCUT2D eigenvalue weighted by atomic mass is 10.1. The Morgan fingerprint density at radius 1 is 1.46 bits per heavy atom. The van der Waals surface area contributed by atoms with Gasteiger partial charge in [-0.1, -0.05) is 0 Å². The topological polar surface area (TPSA) is 81.2 Å². The van der Waals surface area contributed by atoms with E-state index >= 15 is 0 Å². The molecule has 0 heterocycles. The summed E-state index contributed by atoms with van der Waals surface area (Å²) in [5, 5.41) is 10.6. The van der Waals surface area contributed by atoms with Crippen LogP contribution in [0.1, 0.15) is 11.1 Å². The van der Waals surface area contributed by atoms with Gasteiger partial charge in [-0.25, -0.2) is 0 Å². The van der Waals surface area contributed by atoms with Crippen LogP contribution in [-0.4, -0.2) is 4.92 Å². The normalized spacial score (nSPS) is 9.77. The fraction of sp³-hybridized carbons (Fsp3) is 0.250. The van der Waals surface area contributed by atoms with Crippen LogP contribution in [0.4, 0.5) is 11.4 Å². The van der Waals surface area contributed by atoms with Gasteiger partial charge in [0, 0.05) is 6.07 Å². The minimum Gasteiger partial charge on any atom is -0.324 e. The predicted molar refractivity (Wildman–Crippen MR) is 50.4 cm³/mol. The number of anilines is 1. The van der Waals surface area contributed by atoms with E-state index < -0.39 is 4.92 Å². The zero-order chi connectivity index (χ0) is 10.0. The predicted octanol–water partition coefficient (Wildman–Crippen LogP) is 1.50. The molecule has 70 valence electrons. The standard InChI is InChI=1S/C8H11N3O2/c1-5-3-7(10-9)6(2)8(4-5)11(12)13/h3-4,10H,9H2,1-2H3. The molecular formula is C8H11N3O2. The van der Waals surface area contributed by atoms with Crippen LogP contribution in [0.5, 0.6) is 0 Å². The maximum Gasteiger partial charge on any atom is 0.274 e. The summed E-state index contributed by atoms with van der Waals surface area (Å²) in [6, 6.07) is 3.29. The molecule has 0 aliphatic carbocycles. The van der Waals surface area contributed by atoms with Crippen molar-refractivity contribution in [3.63, 3.8) is 0 Å². The summed E-state index contributed by atoms with van der Waals surface area (Å²) in [6.45, 7) is 3.44. The molecule has 0 aromatic heterocycles. The number of nitrogens with one attached hydrogen (secondary N) is 1. The number of nitro groups is 1. The third-order valence-corrected chi connectivity index (χ3v) is 1.88. The molecule has 13 heavy (non-hydrogen) atoms. The summed E-state index contributed by atoms with van der Waals surface area (Å²) < 4.78 is 0. The van der Waals surface area contributed by atoms with Crippen LogP contribution in [0.25, 0.3) is 0 Å². The second-order valence-electron chi connectivity index (χ2n) is 2.86. The van der Waals surface area contributed by atoms with Gasteiger partial charge in [0.1, 0.15) is 0 Å². The van der Waals surface area contributed by atoms with Gasteiger partial charge in [-0.15, -0.1) is 0 Å². The van der Waals surface area contributed by atoms with Crippen LogP contribution in [0.15, 0.2) is 12.1 Å². The second kappa shape index (κ2) is 3.40. The number of rotatable bonds is 2. The molecule has 0 fully saturated rings. The molecule has 0 bridgehead atoms. The summed E-state index contributed by atoms with van der Waals surface area (Å²) in [6.07, 6.45) is 0. The molecule has 5 nitrogen and oxygen atoms in total. The third kappa shape index (κ3) is 1.75. The molecule has 0 unspecified atom stereocenters. The van der Waals surface area contributed by atoms with Crippen molar-refractivity contribution in [3.05, 3.63) is 33.4 Å². The average molecular weight is 181 g/mol. The summed E-state index contributed by atoms with van der Waals surface area (Å²) in [7, 11) is 0. The van der Waals surface area contributed by atoms with Gasteiger partial charge in [0.15, 0.2) is 0 Å². The highest BCUT2D eigenvalue weighted by molar-refractivity contribution is 5.61. The van der Waals surface area contributed by atoms with E-state index in [1.165, 1.54) is 6.07 Å². The van der Waals surface area contributed by atoms with Crippen molar-refractivity contribution in [2.75, 3.05) is 5.43 Å². The van der Waals surface area contributed by atoms with Gasteiger partial charge >= 0.3 is 0 Å². The van der Waals surface area contributed by atoms with Gasteiger partial charge in [0.25, 0.3) is 5.69 Å². The van der Waals surface area contributed by atoms with Crippen molar-refractivity contribution in [2.24, 2.45) is 5.84 Å². The number of benzene rings is 1. The van der Waals surface area contributed by atoms with E-state index in [0.29, 0.717) is 11.3 Å². The maximum atomic E-state index is 10.6. The largest absolute Gasteiger partial charge is 0.324 e. The molecule has 0 saturated carbocycles. The van der Waals surface area contributed by atoms with Crippen LogP contribution < -0.4 is 11.3 Å². The molecule has 1 aromatic carbocycles. The third-order valence-electron chi connectivity index (χ3n) is 1.88. The molecule has 0 saturated heterocycles. The van der Waals surface area contributed by atoms with Crippen LogP contribution >= 0.6 is 0 Å². The number of aryl methyl sites for hydroxylation is 1. The molecule has 0 aliphatic rings. The highest BCUT2D eigenvalue weighted by atomic mass is 16.6. The van der Waals surface area contributed by atoms with Crippen LogP contribution in [0, 0.1) is 24.0 Å². The van der Waals surface area contributed by atoms with Crippen LogP contribution in [0.3, 0.4) is 0 Å². The van der Waals surface area contributed by atoms with Crippen LogP contribution in [-0.2, 0) is 0 Å². The first-order chi connectivity index (χ1) is 6.06. The minimum absolute atomic E-state index is 0.0907. The monoisotopic (exact) mass is 181 g/mol. The molecule has 0 radical (unpaired) electrons. The Kier molecular flexibility index (Phi) is 2.48. The Balaban J connectivity index is 3.35. The molecule has 1 aromatic rings. The first kappa shape index (κ1) is 9.47. The lowest BCUT2D eigenvalue weighted by Gasteiger charge is -2.06. The van der Waals surface area contributed by atoms with Gasteiger partial charge in [-0.2, -0.15) is 0 Å². The van der Waals surface area contributed by atoms with E-state index in [2.05, 4.69) is 5.43 Å². The number of nitrogens with zero attached hydrogens (tertiary/aromatic N) is 1. The van der Waals surface area contributed by atoms with E-state index in [0.717, 1.165) is 5.56 Å². The number of hydrogen-bond acceptors (Lipinski definition) is 4. The number of nitro benzene ring substituents is 1. The smallest absolute Gasteiger partial charge is 0.274 e. The minimum atomic E-state index is -0.414. The van der Waals surface area contributed by atoms with Crippen molar-refractivity contribution in [1.82, 2.24) is 0 Å². The first-order valence-electron chi connectivity index (χ1n) is 3.78. The van der Waals surface area contributed by atoms with E-state index in [9.17, 15) is 10.1 Å². The zero-order valence-electron chi connectivity index (χ0n) is 7.50. The van der Waals surface area contributed by atoms with Gasteiger partial charge in [-0.05, 0) is 25.5 Å². The Morgan fingerprint density at radius 2 is 2.08 bits per heavy atom. The summed E-state index contributed by atoms with van der Waals surface area (Å²) in [5.74, 6) is 5.22. The van der Waals surface area contributed by atoms with Crippen molar-refractivity contribution >= 4 is 11.4 Å². The maximum absolute atomic E-state index is 10.6. The fourth-order valence-corrected chi connectivity index (χ4v) is 1.18. The van der Waals surface area contributed by atoms with Crippen molar-refractivity contribution in [3.8, 4) is 0 Å². The SMILES string of the molecule is Cc1cc(NN)c(C)c([N+](=O)[O-])c1. The van der Waals surface area contributed by atoms with Crippen LogP contribution in [0.2, 0.25) is 0 Å². The molecule has 1 rings (SSSR count). The van der Waals surface area contributed by atoms with Gasteiger partial charge in [0.05, 0.1) is 16.2 Å². The number of nitrogens with two attached hydrogens (primary N) is 1. The molecular weight excluding hydrogens is 170 g/mol. The van der Waals surface area contributed by atoms with Crippen molar-refractivity contribution in [2.45, 2.75) is 13.8 Å². The highest BCUT2D eigenvalue weighted by Crippen LogP contribution is 2.26. The number of nitrogen functional groups attached to an aromatic ring is 1. The van der Waals surface area contributed by atoms with Gasteiger partial charge < -0.3 is 5.43 Å². The van der Waals surface area contributed by atoms with Crippen molar-refractivity contribution < 1.29 is 4.92 Å². The van der Waals surface area contributed by atoms with Gasteiger partial charge in [0.2, 0.25) is 0 Å². The lowest BCUT2D eigenvalue weighted by molar-refractivity contribution is -0.385. The number of hydrogen-bond donors (Lipinski definition) is 2. The number of hydrazine groups is 1. The van der Waals surface area contributed by atoms with E-state index in [-0.39, 0.29) is 5.69 Å². The molecule has 0 amide bonds. The quantitative estimate of drug-likeness (QED) is 0.411. The molecule has 0 atom stereocenters. The average Bonchev–Trinajstić information content (AvgIpc) is 2.08. The Hall–Kier alpha value is -1.62. The van der Waals surface area contributed by atoms with E-state index in [4.69, 9.17) is 5.84 Å².